The van der Waals surface area contributed by atoms with Gasteiger partial charge in [-0.2, -0.15) is 0 Å². The van der Waals surface area contributed by atoms with E-state index < -0.39 is 5.82 Å². The van der Waals surface area contributed by atoms with Gasteiger partial charge in [0.05, 0.1) is 5.56 Å². The van der Waals surface area contributed by atoms with Crippen molar-refractivity contribution in [1.29, 1.82) is 0 Å². The van der Waals surface area contributed by atoms with Gasteiger partial charge in [-0.25, -0.2) is 4.39 Å². The van der Waals surface area contributed by atoms with Gasteiger partial charge in [0, 0.05) is 32.1 Å². The first-order valence-electron chi connectivity index (χ1n) is 8.37. The molecule has 1 saturated heterocycles. The zero-order valence-electron chi connectivity index (χ0n) is 13.9. The number of nitrogens with zero attached hydrogens (tertiary/aromatic N) is 2. The Hall–Kier alpha value is -1.91. The van der Waals surface area contributed by atoms with Crippen molar-refractivity contribution in [2.45, 2.75) is 33.1 Å². The fourth-order valence-electron chi connectivity index (χ4n) is 3.01. The van der Waals surface area contributed by atoms with E-state index in [2.05, 4.69) is 6.92 Å². The summed E-state index contributed by atoms with van der Waals surface area (Å²) in [6, 6.07) is 6.04. The van der Waals surface area contributed by atoms with Gasteiger partial charge in [0.2, 0.25) is 5.91 Å². The Morgan fingerprint density at radius 3 is 2.48 bits per heavy atom. The molecule has 23 heavy (non-hydrogen) atoms. The van der Waals surface area contributed by atoms with Crippen molar-refractivity contribution in [1.82, 2.24) is 9.80 Å². The zero-order chi connectivity index (χ0) is 16.8. The maximum Gasteiger partial charge on any atom is 0.256 e. The van der Waals surface area contributed by atoms with E-state index >= 15 is 0 Å². The Bertz CT molecular complexity index is 562. The molecule has 0 aromatic heterocycles. The van der Waals surface area contributed by atoms with Crippen LogP contribution < -0.4 is 0 Å². The van der Waals surface area contributed by atoms with Gasteiger partial charge in [-0.1, -0.05) is 32.4 Å². The first-order valence-corrected chi connectivity index (χ1v) is 8.37. The van der Waals surface area contributed by atoms with Crippen LogP contribution in [0.3, 0.4) is 0 Å². The molecule has 0 saturated carbocycles. The highest BCUT2D eigenvalue weighted by Gasteiger charge is 2.26. The van der Waals surface area contributed by atoms with Crippen LogP contribution in [0.1, 0.15) is 43.5 Å². The minimum Gasteiger partial charge on any atom is -0.341 e. The average Bonchev–Trinajstić information content (AvgIpc) is 2.80. The van der Waals surface area contributed by atoms with Crippen LogP contribution in [-0.2, 0) is 4.79 Å². The van der Waals surface area contributed by atoms with E-state index in [1.807, 2.05) is 11.8 Å². The fourth-order valence-corrected chi connectivity index (χ4v) is 3.01. The van der Waals surface area contributed by atoms with Gasteiger partial charge in [0.15, 0.2) is 0 Å². The quantitative estimate of drug-likeness (QED) is 0.856. The summed E-state index contributed by atoms with van der Waals surface area (Å²) in [5, 5.41) is 0. The Balaban J connectivity index is 2.00. The summed E-state index contributed by atoms with van der Waals surface area (Å²) in [7, 11) is 0. The number of amides is 2. The molecule has 5 heteroatoms. The number of hydrogen-bond donors (Lipinski definition) is 0. The molecule has 0 bridgehead atoms. The fraction of sp³-hybridized carbons (Fsp3) is 0.556. The zero-order valence-corrected chi connectivity index (χ0v) is 13.9. The van der Waals surface area contributed by atoms with Crippen LogP contribution in [0.2, 0.25) is 0 Å². The Morgan fingerprint density at radius 1 is 1.13 bits per heavy atom. The molecule has 1 aromatic carbocycles. The SMILES string of the molecule is CCCC(C)C(=O)N1CCCN(C(=O)c2ccccc2F)CC1. The third kappa shape index (κ3) is 4.30. The van der Waals surface area contributed by atoms with Gasteiger partial charge in [-0.15, -0.1) is 0 Å². The molecular formula is C18H25FN2O2. The molecule has 0 radical (unpaired) electrons. The van der Waals surface area contributed by atoms with Crippen LogP contribution in [0.25, 0.3) is 0 Å². The molecule has 1 aromatic rings. The van der Waals surface area contributed by atoms with Gasteiger partial charge in [0.1, 0.15) is 5.82 Å². The van der Waals surface area contributed by atoms with E-state index in [0.717, 1.165) is 19.3 Å². The van der Waals surface area contributed by atoms with Gasteiger partial charge >= 0.3 is 0 Å². The molecular weight excluding hydrogens is 295 g/mol. The molecule has 0 aliphatic carbocycles. The number of rotatable bonds is 4. The predicted octanol–water partition coefficient (Wildman–Crippen LogP) is 2.94. The van der Waals surface area contributed by atoms with Crippen LogP contribution in [0, 0.1) is 11.7 Å². The van der Waals surface area contributed by atoms with E-state index in [4.69, 9.17) is 0 Å². The highest BCUT2D eigenvalue weighted by Crippen LogP contribution is 2.15. The summed E-state index contributed by atoms with van der Waals surface area (Å²) >= 11 is 0. The third-order valence-electron chi connectivity index (χ3n) is 4.34. The number of halogens is 1. The standard InChI is InChI=1S/C18H25FN2O2/c1-3-7-14(2)17(22)20-10-6-11-21(13-12-20)18(23)15-8-4-5-9-16(15)19/h4-5,8-9,14H,3,6-7,10-13H2,1-2H3. The van der Waals surface area contributed by atoms with Crippen LogP contribution in [0.4, 0.5) is 4.39 Å². The maximum atomic E-state index is 13.8. The number of hydrogen-bond acceptors (Lipinski definition) is 2. The first-order chi connectivity index (χ1) is 11.0. The second-order valence-electron chi connectivity index (χ2n) is 6.14. The van der Waals surface area contributed by atoms with E-state index in [0.29, 0.717) is 26.2 Å². The molecule has 126 valence electrons. The molecule has 1 heterocycles. The van der Waals surface area contributed by atoms with Crippen LogP contribution in [0.15, 0.2) is 24.3 Å². The minimum atomic E-state index is -0.494. The number of benzene rings is 1. The lowest BCUT2D eigenvalue weighted by Crippen LogP contribution is -2.39. The van der Waals surface area contributed by atoms with E-state index in [1.165, 1.54) is 12.1 Å². The molecule has 2 amide bonds. The summed E-state index contributed by atoms with van der Waals surface area (Å²) in [6.07, 6.45) is 2.59. The summed E-state index contributed by atoms with van der Waals surface area (Å²) in [6.45, 7) is 6.22. The normalized spacial score (nSPS) is 16.8. The lowest BCUT2D eigenvalue weighted by Gasteiger charge is -2.24. The highest BCUT2D eigenvalue weighted by atomic mass is 19.1. The van der Waals surface area contributed by atoms with Crippen LogP contribution >= 0.6 is 0 Å². The lowest BCUT2D eigenvalue weighted by molar-refractivity contribution is -0.135. The topological polar surface area (TPSA) is 40.6 Å². The number of carbonyl (C=O) groups is 2. The molecule has 1 unspecified atom stereocenters. The van der Waals surface area contributed by atoms with E-state index in [-0.39, 0.29) is 23.3 Å². The highest BCUT2D eigenvalue weighted by molar-refractivity contribution is 5.94. The van der Waals surface area contributed by atoms with Crippen LogP contribution in [0.5, 0.6) is 0 Å². The molecule has 1 aliphatic heterocycles. The van der Waals surface area contributed by atoms with Crippen molar-refractivity contribution in [3.8, 4) is 0 Å². The second-order valence-corrected chi connectivity index (χ2v) is 6.14. The van der Waals surface area contributed by atoms with Gasteiger partial charge in [0.25, 0.3) is 5.91 Å². The summed E-state index contributed by atoms with van der Waals surface area (Å²) < 4.78 is 13.8. The molecule has 1 fully saturated rings. The summed E-state index contributed by atoms with van der Waals surface area (Å²) in [5.41, 5.74) is 0.103. The largest absolute Gasteiger partial charge is 0.341 e. The Labute approximate surface area is 137 Å². The number of carbonyl (C=O) groups excluding carboxylic acids is 2. The summed E-state index contributed by atoms with van der Waals surface area (Å²) in [5.74, 6) is -0.605. The third-order valence-corrected chi connectivity index (χ3v) is 4.34. The molecule has 0 N–H and O–H groups in total. The monoisotopic (exact) mass is 320 g/mol. The smallest absolute Gasteiger partial charge is 0.256 e. The minimum absolute atomic E-state index is 0.0221. The van der Waals surface area contributed by atoms with Crippen molar-refractivity contribution >= 4 is 11.8 Å². The van der Waals surface area contributed by atoms with Gasteiger partial charge in [-0.05, 0) is 25.0 Å². The maximum absolute atomic E-state index is 13.8. The molecule has 1 aliphatic rings. The van der Waals surface area contributed by atoms with Crippen molar-refractivity contribution in [2.24, 2.45) is 5.92 Å². The van der Waals surface area contributed by atoms with Crippen molar-refractivity contribution in [3.63, 3.8) is 0 Å². The molecule has 1 atom stereocenters. The average molecular weight is 320 g/mol. The summed E-state index contributed by atoms with van der Waals surface area (Å²) in [4.78, 5) is 28.4. The van der Waals surface area contributed by atoms with E-state index in [9.17, 15) is 14.0 Å². The first kappa shape index (κ1) is 17.4. The Morgan fingerprint density at radius 2 is 1.78 bits per heavy atom. The van der Waals surface area contributed by atoms with Crippen LogP contribution in [-0.4, -0.2) is 47.8 Å². The molecule has 0 spiro atoms. The predicted molar refractivity (Wildman–Crippen MR) is 87.6 cm³/mol. The van der Waals surface area contributed by atoms with Gasteiger partial charge in [-0.3, -0.25) is 9.59 Å². The van der Waals surface area contributed by atoms with Crippen molar-refractivity contribution in [2.75, 3.05) is 26.2 Å². The molecule has 2 rings (SSSR count). The van der Waals surface area contributed by atoms with E-state index in [1.54, 1.807) is 17.0 Å². The second kappa shape index (κ2) is 8.09. The van der Waals surface area contributed by atoms with Gasteiger partial charge < -0.3 is 9.80 Å². The molecule has 4 nitrogen and oxygen atoms in total. The van der Waals surface area contributed by atoms with Crippen molar-refractivity contribution in [3.05, 3.63) is 35.6 Å². The lowest BCUT2D eigenvalue weighted by atomic mass is 10.0. The Kier molecular flexibility index (Phi) is 6.13. The van der Waals surface area contributed by atoms with Crippen molar-refractivity contribution < 1.29 is 14.0 Å².